The van der Waals surface area contributed by atoms with E-state index in [0.29, 0.717) is 24.2 Å². The van der Waals surface area contributed by atoms with E-state index >= 15 is 0 Å². The number of nitrogen functional groups attached to an aromatic ring is 1. The van der Waals surface area contributed by atoms with Crippen LogP contribution in [0, 0.1) is 6.92 Å². The van der Waals surface area contributed by atoms with E-state index in [1.165, 1.54) is 0 Å². The van der Waals surface area contributed by atoms with Crippen LogP contribution in [-0.2, 0) is 0 Å². The van der Waals surface area contributed by atoms with Gasteiger partial charge in [-0.1, -0.05) is 12.1 Å². The number of aliphatic hydroxyl groups is 2. The van der Waals surface area contributed by atoms with Crippen LogP contribution in [0.3, 0.4) is 0 Å². The maximum absolute atomic E-state index is 9.91. The molecule has 0 fully saturated rings. The normalized spacial score (nSPS) is 14.8. The number of rotatable bonds is 5. The summed E-state index contributed by atoms with van der Waals surface area (Å²) in [4.78, 5) is 0. The number of aryl methyl sites for hydroxylation is 1. The van der Waals surface area contributed by atoms with Gasteiger partial charge in [-0.3, -0.25) is 0 Å². The zero-order chi connectivity index (χ0) is 12.1. The van der Waals surface area contributed by atoms with Crippen molar-refractivity contribution in [2.75, 3.05) is 19.3 Å². The van der Waals surface area contributed by atoms with E-state index in [0.717, 1.165) is 5.56 Å². The molecular formula is C12H20N2O2. The van der Waals surface area contributed by atoms with E-state index in [2.05, 4.69) is 5.32 Å². The molecule has 1 rings (SSSR count). The molecule has 4 nitrogen and oxygen atoms in total. The summed E-state index contributed by atoms with van der Waals surface area (Å²) in [7, 11) is 1.81. The van der Waals surface area contributed by atoms with Gasteiger partial charge in [0.1, 0.15) is 6.10 Å². The van der Waals surface area contributed by atoms with E-state index in [4.69, 9.17) is 5.73 Å². The largest absolute Gasteiger partial charge is 0.399 e. The van der Waals surface area contributed by atoms with Gasteiger partial charge in [-0.2, -0.15) is 0 Å². The zero-order valence-electron chi connectivity index (χ0n) is 9.77. The number of aliphatic hydroxyl groups excluding tert-OH is 2. The summed E-state index contributed by atoms with van der Waals surface area (Å²) in [5.74, 6) is 0. The third kappa shape index (κ3) is 3.20. The molecule has 2 unspecified atom stereocenters. The lowest BCUT2D eigenvalue weighted by Gasteiger charge is -2.18. The number of hydrogen-bond acceptors (Lipinski definition) is 4. The summed E-state index contributed by atoms with van der Waals surface area (Å²) < 4.78 is 0. The highest BCUT2D eigenvalue weighted by Gasteiger charge is 2.17. The quantitative estimate of drug-likeness (QED) is 0.552. The maximum Gasteiger partial charge on any atom is 0.105 e. The minimum absolute atomic E-state index is 0.515. The van der Waals surface area contributed by atoms with Gasteiger partial charge in [0, 0.05) is 5.69 Å². The first kappa shape index (κ1) is 13.0. The Kier molecular flexibility index (Phi) is 4.73. The molecule has 0 aliphatic rings. The first-order valence-corrected chi connectivity index (χ1v) is 5.43. The maximum atomic E-state index is 9.91. The minimum Gasteiger partial charge on any atom is -0.399 e. The molecule has 2 atom stereocenters. The van der Waals surface area contributed by atoms with Crippen molar-refractivity contribution in [3.05, 3.63) is 29.3 Å². The molecule has 16 heavy (non-hydrogen) atoms. The molecule has 1 aromatic rings. The van der Waals surface area contributed by atoms with Gasteiger partial charge in [-0.05, 0) is 44.1 Å². The summed E-state index contributed by atoms with van der Waals surface area (Å²) >= 11 is 0. The molecule has 4 heteroatoms. The number of nitrogens with two attached hydrogens (primary N) is 1. The Balaban J connectivity index is 2.71. The number of benzene rings is 1. The lowest BCUT2D eigenvalue weighted by atomic mass is 10.00. The van der Waals surface area contributed by atoms with Crippen LogP contribution in [0.15, 0.2) is 18.2 Å². The highest BCUT2D eigenvalue weighted by molar-refractivity contribution is 5.48. The Bertz CT molecular complexity index is 342. The zero-order valence-corrected chi connectivity index (χ0v) is 9.77. The predicted octanol–water partition coefficient (Wildman–Crippen LogP) is 0.581. The molecular weight excluding hydrogens is 204 g/mol. The average molecular weight is 224 g/mol. The molecule has 0 bridgehead atoms. The molecule has 5 N–H and O–H groups in total. The Morgan fingerprint density at radius 1 is 1.38 bits per heavy atom. The standard InChI is InChI=1S/C12H20N2O2/c1-8-7-9(3-4-10(8)13)12(16)11(15)5-6-14-2/h3-4,7,11-12,14-16H,5-6,13H2,1-2H3. The van der Waals surface area contributed by atoms with Crippen LogP contribution < -0.4 is 11.1 Å². The van der Waals surface area contributed by atoms with Crippen molar-refractivity contribution >= 4 is 5.69 Å². The monoisotopic (exact) mass is 224 g/mol. The average Bonchev–Trinajstić information content (AvgIpc) is 2.28. The van der Waals surface area contributed by atoms with Crippen molar-refractivity contribution in [1.29, 1.82) is 0 Å². The Morgan fingerprint density at radius 3 is 2.62 bits per heavy atom. The molecule has 0 aliphatic carbocycles. The SMILES string of the molecule is CNCCC(O)C(O)c1ccc(N)c(C)c1. The third-order valence-electron chi connectivity index (χ3n) is 2.69. The van der Waals surface area contributed by atoms with Gasteiger partial charge in [0.2, 0.25) is 0 Å². The Labute approximate surface area is 96.1 Å². The predicted molar refractivity (Wildman–Crippen MR) is 65.1 cm³/mol. The van der Waals surface area contributed by atoms with Crippen molar-refractivity contribution in [1.82, 2.24) is 5.32 Å². The van der Waals surface area contributed by atoms with Crippen LogP contribution in [-0.4, -0.2) is 29.9 Å². The fourth-order valence-corrected chi connectivity index (χ4v) is 1.56. The Morgan fingerprint density at radius 2 is 2.06 bits per heavy atom. The van der Waals surface area contributed by atoms with Crippen molar-refractivity contribution in [3.63, 3.8) is 0 Å². The van der Waals surface area contributed by atoms with E-state index in [9.17, 15) is 10.2 Å². The second-order valence-electron chi connectivity index (χ2n) is 4.02. The third-order valence-corrected chi connectivity index (χ3v) is 2.69. The second kappa shape index (κ2) is 5.84. The summed E-state index contributed by atoms with van der Waals surface area (Å²) in [6.07, 6.45) is -1.09. The number of nitrogens with one attached hydrogen (secondary N) is 1. The lowest BCUT2D eigenvalue weighted by molar-refractivity contribution is 0.0140. The molecule has 0 saturated heterocycles. The van der Waals surface area contributed by atoms with Gasteiger partial charge in [0.05, 0.1) is 6.10 Å². The fourth-order valence-electron chi connectivity index (χ4n) is 1.56. The van der Waals surface area contributed by atoms with Gasteiger partial charge in [0.15, 0.2) is 0 Å². The van der Waals surface area contributed by atoms with Crippen molar-refractivity contribution < 1.29 is 10.2 Å². The van der Waals surface area contributed by atoms with Crippen molar-refractivity contribution in [3.8, 4) is 0 Å². The van der Waals surface area contributed by atoms with Crippen LogP contribution in [0.2, 0.25) is 0 Å². The smallest absolute Gasteiger partial charge is 0.105 e. The summed E-state index contributed by atoms with van der Waals surface area (Å²) in [5, 5.41) is 22.6. The van der Waals surface area contributed by atoms with E-state index in [1.807, 2.05) is 20.0 Å². The van der Waals surface area contributed by atoms with Gasteiger partial charge in [0.25, 0.3) is 0 Å². The van der Waals surface area contributed by atoms with E-state index < -0.39 is 12.2 Å². The summed E-state index contributed by atoms with van der Waals surface area (Å²) in [6.45, 7) is 2.55. The van der Waals surface area contributed by atoms with Gasteiger partial charge >= 0.3 is 0 Å². The van der Waals surface area contributed by atoms with Crippen molar-refractivity contribution in [2.45, 2.75) is 25.6 Å². The fraction of sp³-hybridized carbons (Fsp3) is 0.500. The highest BCUT2D eigenvalue weighted by Crippen LogP contribution is 2.22. The molecule has 0 aliphatic heterocycles. The molecule has 0 amide bonds. The number of hydrogen-bond donors (Lipinski definition) is 4. The molecule has 0 saturated carbocycles. The minimum atomic E-state index is -0.854. The number of anilines is 1. The Hall–Kier alpha value is -1.10. The van der Waals surface area contributed by atoms with E-state index in [1.54, 1.807) is 12.1 Å². The van der Waals surface area contributed by atoms with E-state index in [-0.39, 0.29) is 0 Å². The van der Waals surface area contributed by atoms with Crippen LogP contribution in [0.5, 0.6) is 0 Å². The van der Waals surface area contributed by atoms with Crippen LogP contribution in [0.1, 0.15) is 23.7 Å². The second-order valence-corrected chi connectivity index (χ2v) is 4.02. The summed E-state index contributed by atoms with van der Waals surface area (Å²) in [6, 6.07) is 5.30. The lowest BCUT2D eigenvalue weighted by Crippen LogP contribution is -2.23. The molecule has 1 aromatic carbocycles. The first-order valence-electron chi connectivity index (χ1n) is 5.43. The molecule has 0 aromatic heterocycles. The molecule has 0 heterocycles. The first-order chi connectivity index (χ1) is 7.56. The van der Waals surface area contributed by atoms with Crippen molar-refractivity contribution in [2.24, 2.45) is 0 Å². The molecule has 90 valence electrons. The van der Waals surface area contributed by atoms with Crippen LogP contribution in [0.25, 0.3) is 0 Å². The highest BCUT2D eigenvalue weighted by atomic mass is 16.3. The topological polar surface area (TPSA) is 78.5 Å². The van der Waals surface area contributed by atoms with Crippen LogP contribution >= 0.6 is 0 Å². The van der Waals surface area contributed by atoms with Gasteiger partial charge in [-0.15, -0.1) is 0 Å². The van der Waals surface area contributed by atoms with Gasteiger partial charge < -0.3 is 21.3 Å². The summed E-state index contributed by atoms with van der Waals surface area (Å²) in [5.41, 5.74) is 8.00. The molecule has 0 spiro atoms. The van der Waals surface area contributed by atoms with Gasteiger partial charge in [-0.25, -0.2) is 0 Å². The molecule has 0 radical (unpaired) electrons. The van der Waals surface area contributed by atoms with Crippen LogP contribution in [0.4, 0.5) is 5.69 Å².